The molecule has 7 heteroatoms. The van der Waals surface area contributed by atoms with Gasteiger partial charge in [0, 0.05) is 23.9 Å². The fourth-order valence-corrected chi connectivity index (χ4v) is 3.26. The first-order valence-corrected chi connectivity index (χ1v) is 9.77. The molecule has 2 aromatic rings. The lowest BCUT2D eigenvalue weighted by Gasteiger charge is -2.22. The van der Waals surface area contributed by atoms with Crippen LogP contribution in [-0.2, 0) is 9.59 Å². The van der Waals surface area contributed by atoms with Gasteiger partial charge in [-0.25, -0.2) is 0 Å². The van der Waals surface area contributed by atoms with Crippen LogP contribution in [0.15, 0.2) is 54.6 Å². The van der Waals surface area contributed by atoms with E-state index in [0.717, 1.165) is 38.0 Å². The molecular formula is C22H28ClN3O3. The quantitative estimate of drug-likeness (QED) is 0.609. The van der Waals surface area contributed by atoms with Crippen LogP contribution in [-0.4, -0.2) is 31.5 Å². The Hall–Kier alpha value is -2.57. The molecule has 1 saturated heterocycles. The van der Waals surface area contributed by atoms with Crippen molar-refractivity contribution in [2.75, 3.05) is 30.3 Å². The number of ether oxygens (including phenoxy) is 1. The maximum atomic E-state index is 12.2. The Balaban J connectivity index is 0.00000300. The summed E-state index contributed by atoms with van der Waals surface area (Å²) >= 11 is 0. The van der Waals surface area contributed by atoms with Gasteiger partial charge in [0.05, 0.1) is 0 Å². The molecule has 0 aromatic heterocycles. The average molecular weight is 418 g/mol. The fraction of sp³-hybridized carbons (Fsp3) is 0.364. The van der Waals surface area contributed by atoms with Gasteiger partial charge < -0.3 is 20.7 Å². The molecule has 0 bridgehead atoms. The molecule has 0 aliphatic carbocycles. The third-order valence-electron chi connectivity index (χ3n) is 4.78. The first-order chi connectivity index (χ1) is 13.7. The van der Waals surface area contributed by atoms with Crippen molar-refractivity contribution in [1.82, 2.24) is 5.32 Å². The minimum absolute atomic E-state index is 0. The summed E-state index contributed by atoms with van der Waals surface area (Å²) in [6, 6.07) is 16.3. The van der Waals surface area contributed by atoms with Crippen LogP contribution in [0, 0.1) is 5.92 Å². The molecule has 0 unspecified atom stereocenters. The molecule has 0 saturated carbocycles. The maximum absolute atomic E-state index is 12.2. The van der Waals surface area contributed by atoms with Crippen LogP contribution in [0.2, 0.25) is 0 Å². The Morgan fingerprint density at radius 3 is 2.38 bits per heavy atom. The van der Waals surface area contributed by atoms with Gasteiger partial charge >= 0.3 is 0 Å². The summed E-state index contributed by atoms with van der Waals surface area (Å²) in [5.74, 6) is 0.948. The van der Waals surface area contributed by atoms with Gasteiger partial charge in [0.25, 0.3) is 5.91 Å². The Labute approximate surface area is 177 Å². The van der Waals surface area contributed by atoms with Crippen LogP contribution in [0.3, 0.4) is 0 Å². The Morgan fingerprint density at radius 2 is 1.62 bits per heavy atom. The van der Waals surface area contributed by atoms with Crippen molar-refractivity contribution in [3.8, 4) is 5.75 Å². The van der Waals surface area contributed by atoms with E-state index >= 15 is 0 Å². The zero-order valence-electron chi connectivity index (χ0n) is 16.4. The van der Waals surface area contributed by atoms with Gasteiger partial charge in [0.1, 0.15) is 5.75 Å². The summed E-state index contributed by atoms with van der Waals surface area (Å²) in [6.07, 6.45) is 3.72. The highest BCUT2D eigenvalue weighted by Crippen LogP contribution is 2.20. The third kappa shape index (κ3) is 8.13. The van der Waals surface area contributed by atoms with E-state index in [0.29, 0.717) is 23.8 Å². The number of hydrogen-bond donors (Lipinski definition) is 3. The van der Waals surface area contributed by atoms with Gasteiger partial charge in [0.15, 0.2) is 6.61 Å². The van der Waals surface area contributed by atoms with Crippen molar-refractivity contribution in [3.63, 3.8) is 0 Å². The number of benzene rings is 2. The van der Waals surface area contributed by atoms with Gasteiger partial charge in [0.2, 0.25) is 5.91 Å². The molecule has 1 aliphatic heterocycles. The number of hydrogen-bond acceptors (Lipinski definition) is 4. The summed E-state index contributed by atoms with van der Waals surface area (Å²) in [4.78, 5) is 24.2. The molecule has 0 atom stereocenters. The molecule has 1 fully saturated rings. The van der Waals surface area contributed by atoms with Crippen molar-refractivity contribution in [1.29, 1.82) is 0 Å². The second-order valence-electron chi connectivity index (χ2n) is 7.01. The van der Waals surface area contributed by atoms with Crippen LogP contribution in [0.1, 0.15) is 25.7 Å². The molecule has 156 valence electrons. The molecule has 3 N–H and O–H groups in total. The van der Waals surface area contributed by atoms with Crippen molar-refractivity contribution in [2.45, 2.75) is 25.7 Å². The minimum atomic E-state index is -0.234. The lowest BCUT2D eigenvalue weighted by molar-refractivity contribution is -0.118. The first kappa shape index (κ1) is 22.7. The summed E-state index contributed by atoms with van der Waals surface area (Å²) in [5, 5.41) is 9.02. The molecule has 2 aromatic carbocycles. The van der Waals surface area contributed by atoms with E-state index in [1.807, 2.05) is 36.4 Å². The molecular weight excluding hydrogens is 390 g/mol. The standard InChI is InChI=1S/C22H27N3O3.ClH/c26-21(10-9-17-11-13-23-14-12-17)25-19-7-4-8-20(15-19)28-16-22(27)24-18-5-2-1-3-6-18;/h1-8,15,17,23H,9-14,16H2,(H,24,27)(H,25,26);1H. The van der Waals surface area contributed by atoms with Gasteiger partial charge in [-0.15, -0.1) is 12.4 Å². The summed E-state index contributed by atoms with van der Waals surface area (Å²) in [6.45, 7) is 2.00. The lowest BCUT2D eigenvalue weighted by atomic mass is 9.93. The normalized spacial score (nSPS) is 13.8. The summed E-state index contributed by atoms with van der Waals surface area (Å²) in [5.41, 5.74) is 1.40. The number of carbonyl (C=O) groups is 2. The predicted octanol–water partition coefficient (Wildman–Crippen LogP) is 3.84. The molecule has 6 nitrogen and oxygen atoms in total. The number of halogens is 1. The number of nitrogens with one attached hydrogen (secondary N) is 3. The maximum Gasteiger partial charge on any atom is 0.262 e. The monoisotopic (exact) mass is 417 g/mol. The highest BCUT2D eigenvalue weighted by molar-refractivity contribution is 5.92. The third-order valence-corrected chi connectivity index (χ3v) is 4.78. The van der Waals surface area contributed by atoms with Crippen molar-refractivity contribution in [2.24, 2.45) is 5.92 Å². The van der Waals surface area contributed by atoms with Crippen LogP contribution < -0.4 is 20.7 Å². The van der Waals surface area contributed by atoms with Crippen molar-refractivity contribution < 1.29 is 14.3 Å². The zero-order chi connectivity index (χ0) is 19.6. The highest BCUT2D eigenvalue weighted by atomic mass is 35.5. The van der Waals surface area contributed by atoms with Gasteiger partial charge in [-0.2, -0.15) is 0 Å². The molecule has 1 heterocycles. The van der Waals surface area contributed by atoms with Crippen LogP contribution in [0.25, 0.3) is 0 Å². The van der Waals surface area contributed by atoms with E-state index in [1.54, 1.807) is 18.2 Å². The van der Waals surface area contributed by atoms with E-state index in [-0.39, 0.29) is 30.8 Å². The van der Waals surface area contributed by atoms with E-state index in [4.69, 9.17) is 4.74 Å². The van der Waals surface area contributed by atoms with E-state index in [9.17, 15) is 9.59 Å². The summed E-state index contributed by atoms with van der Waals surface area (Å²) in [7, 11) is 0. The Kier molecular flexibility index (Phi) is 9.47. The molecule has 3 rings (SSSR count). The minimum Gasteiger partial charge on any atom is -0.484 e. The lowest BCUT2D eigenvalue weighted by Crippen LogP contribution is -2.28. The molecule has 0 radical (unpaired) electrons. The zero-order valence-corrected chi connectivity index (χ0v) is 17.2. The van der Waals surface area contributed by atoms with Gasteiger partial charge in [-0.05, 0) is 62.5 Å². The van der Waals surface area contributed by atoms with Crippen molar-refractivity contribution >= 4 is 35.6 Å². The number of anilines is 2. The smallest absolute Gasteiger partial charge is 0.262 e. The fourth-order valence-electron chi connectivity index (χ4n) is 3.26. The number of carbonyl (C=O) groups excluding carboxylic acids is 2. The van der Waals surface area contributed by atoms with Gasteiger partial charge in [-0.3, -0.25) is 9.59 Å². The van der Waals surface area contributed by atoms with E-state index < -0.39 is 0 Å². The Morgan fingerprint density at radius 1 is 0.931 bits per heavy atom. The van der Waals surface area contributed by atoms with Gasteiger partial charge in [-0.1, -0.05) is 24.3 Å². The predicted molar refractivity (Wildman–Crippen MR) is 118 cm³/mol. The largest absolute Gasteiger partial charge is 0.484 e. The molecule has 2 amide bonds. The number of amides is 2. The van der Waals surface area contributed by atoms with Crippen LogP contribution >= 0.6 is 12.4 Å². The highest BCUT2D eigenvalue weighted by Gasteiger charge is 2.14. The average Bonchev–Trinajstić information content (AvgIpc) is 2.73. The topological polar surface area (TPSA) is 79.5 Å². The first-order valence-electron chi connectivity index (χ1n) is 9.77. The molecule has 1 aliphatic rings. The van der Waals surface area contributed by atoms with E-state index in [1.165, 1.54) is 0 Å². The van der Waals surface area contributed by atoms with Crippen LogP contribution in [0.4, 0.5) is 11.4 Å². The van der Waals surface area contributed by atoms with Crippen LogP contribution in [0.5, 0.6) is 5.75 Å². The number of rotatable bonds is 8. The summed E-state index contributed by atoms with van der Waals surface area (Å²) < 4.78 is 5.55. The van der Waals surface area contributed by atoms with Crippen molar-refractivity contribution in [3.05, 3.63) is 54.6 Å². The molecule has 0 spiro atoms. The number of para-hydroxylation sites is 1. The van der Waals surface area contributed by atoms with E-state index in [2.05, 4.69) is 16.0 Å². The second-order valence-corrected chi connectivity index (χ2v) is 7.01. The SMILES string of the molecule is Cl.O=C(CCC1CCNCC1)Nc1cccc(OCC(=O)Nc2ccccc2)c1. The number of piperidine rings is 1. The Bertz CT molecular complexity index is 780. The second kappa shape index (κ2) is 12.1. The molecule has 29 heavy (non-hydrogen) atoms.